The molecule has 0 saturated carbocycles. The molecule has 4 heterocycles. The van der Waals surface area contributed by atoms with Crippen LogP contribution in [0.4, 0.5) is 5.95 Å². The summed E-state index contributed by atoms with van der Waals surface area (Å²) in [6.07, 6.45) is 8.76. The van der Waals surface area contributed by atoms with Gasteiger partial charge < -0.3 is 9.64 Å². The molecule has 2 aliphatic heterocycles. The van der Waals surface area contributed by atoms with Gasteiger partial charge in [-0.25, -0.2) is 9.97 Å². The van der Waals surface area contributed by atoms with Crippen LogP contribution in [0.1, 0.15) is 42.9 Å². The second-order valence-electron chi connectivity index (χ2n) is 8.92. The average Bonchev–Trinajstić information content (AvgIpc) is 3.50. The molecule has 168 valence electrons. The summed E-state index contributed by atoms with van der Waals surface area (Å²) in [4.78, 5) is 14.3. The van der Waals surface area contributed by atoms with E-state index in [4.69, 9.17) is 14.8 Å². The van der Waals surface area contributed by atoms with Gasteiger partial charge in [-0.05, 0) is 44.4 Å². The minimum atomic E-state index is 0.389. The zero-order valence-corrected chi connectivity index (χ0v) is 19.1. The molecule has 32 heavy (non-hydrogen) atoms. The van der Waals surface area contributed by atoms with Crippen LogP contribution in [-0.4, -0.2) is 57.9 Å². The van der Waals surface area contributed by atoms with Gasteiger partial charge in [0.15, 0.2) is 0 Å². The lowest BCUT2D eigenvalue weighted by Crippen LogP contribution is -2.34. The van der Waals surface area contributed by atoms with Crippen molar-refractivity contribution in [3.63, 3.8) is 0 Å². The first-order valence-corrected chi connectivity index (χ1v) is 11.7. The molecule has 1 aromatic carbocycles. The summed E-state index contributed by atoms with van der Waals surface area (Å²) in [6.45, 7) is 5.08. The van der Waals surface area contributed by atoms with Gasteiger partial charge >= 0.3 is 0 Å². The zero-order chi connectivity index (χ0) is 21.9. The highest BCUT2D eigenvalue weighted by atomic mass is 16.5. The van der Waals surface area contributed by atoms with Crippen molar-refractivity contribution < 1.29 is 4.74 Å². The van der Waals surface area contributed by atoms with Crippen molar-refractivity contribution in [2.45, 2.75) is 38.1 Å². The largest absolute Gasteiger partial charge is 0.496 e. The Balaban J connectivity index is 1.38. The van der Waals surface area contributed by atoms with Gasteiger partial charge in [0.25, 0.3) is 0 Å². The number of ether oxygens (including phenoxy) is 1. The van der Waals surface area contributed by atoms with E-state index < -0.39 is 0 Å². The molecule has 7 heteroatoms. The molecule has 0 amide bonds. The standard InChI is InChI=1S/C25H32N6O/c1-29-18-21(22-11-12-26-25(27-22)31-14-5-6-15-31)24(28-29)20-9-7-13-30(17-20)16-19-8-3-4-10-23(19)32-2/h3-4,8,10-12,18,20H,5-7,9,13-17H2,1-2H3/t20-/m0/s1. The monoisotopic (exact) mass is 432 g/mol. The average molecular weight is 433 g/mol. The Morgan fingerprint density at radius 3 is 2.75 bits per heavy atom. The highest BCUT2D eigenvalue weighted by Crippen LogP contribution is 2.34. The lowest BCUT2D eigenvalue weighted by atomic mass is 9.91. The maximum Gasteiger partial charge on any atom is 0.225 e. The zero-order valence-electron chi connectivity index (χ0n) is 19.1. The van der Waals surface area contributed by atoms with E-state index in [9.17, 15) is 0 Å². The number of likely N-dealkylation sites (tertiary alicyclic amines) is 1. The minimum Gasteiger partial charge on any atom is -0.496 e. The number of nitrogens with zero attached hydrogens (tertiary/aromatic N) is 6. The van der Waals surface area contributed by atoms with E-state index in [1.165, 1.54) is 24.8 Å². The van der Waals surface area contributed by atoms with Gasteiger partial charge in [-0.15, -0.1) is 0 Å². The summed E-state index contributed by atoms with van der Waals surface area (Å²) in [5.41, 5.74) is 4.51. The van der Waals surface area contributed by atoms with E-state index >= 15 is 0 Å². The van der Waals surface area contributed by atoms with Gasteiger partial charge in [0, 0.05) is 62.7 Å². The Labute approximate surface area is 190 Å². The molecule has 1 atom stereocenters. The van der Waals surface area contributed by atoms with Gasteiger partial charge in [0.2, 0.25) is 5.95 Å². The number of para-hydroxylation sites is 1. The molecule has 0 bridgehead atoms. The molecule has 2 aromatic heterocycles. The van der Waals surface area contributed by atoms with Crippen LogP contribution in [-0.2, 0) is 13.6 Å². The Bertz CT molecular complexity index is 1060. The van der Waals surface area contributed by atoms with Crippen LogP contribution in [0.25, 0.3) is 11.3 Å². The highest BCUT2D eigenvalue weighted by molar-refractivity contribution is 5.63. The number of hydrogen-bond donors (Lipinski definition) is 0. The SMILES string of the molecule is COc1ccccc1CN1CCC[C@H](c2nn(C)cc2-c2ccnc(N3CCCC3)n2)C1. The normalized spacial score (nSPS) is 19.4. The first-order valence-electron chi connectivity index (χ1n) is 11.7. The fraction of sp³-hybridized carbons (Fsp3) is 0.480. The number of rotatable bonds is 6. The molecule has 7 nitrogen and oxygen atoms in total. The third kappa shape index (κ3) is 4.35. The van der Waals surface area contributed by atoms with E-state index in [1.807, 2.05) is 36.1 Å². The molecule has 2 fully saturated rings. The molecule has 0 unspecified atom stereocenters. The molecular weight excluding hydrogens is 400 g/mol. The lowest BCUT2D eigenvalue weighted by molar-refractivity contribution is 0.196. The first-order chi connectivity index (χ1) is 15.7. The summed E-state index contributed by atoms with van der Waals surface area (Å²) >= 11 is 0. The fourth-order valence-electron chi connectivity index (χ4n) is 5.07. The second-order valence-corrected chi connectivity index (χ2v) is 8.92. The van der Waals surface area contributed by atoms with Gasteiger partial charge in [-0.1, -0.05) is 18.2 Å². The smallest absolute Gasteiger partial charge is 0.225 e. The summed E-state index contributed by atoms with van der Waals surface area (Å²) < 4.78 is 7.50. The number of anilines is 1. The van der Waals surface area contributed by atoms with Gasteiger partial charge in [0.05, 0.1) is 18.5 Å². The number of aryl methyl sites for hydroxylation is 1. The third-order valence-electron chi connectivity index (χ3n) is 6.64. The summed E-state index contributed by atoms with van der Waals surface area (Å²) in [7, 11) is 3.75. The minimum absolute atomic E-state index is 0.389. The van der Waals surface area contributed by atoms with Crippen LogP contribution in [0.2, 0.25) is 0 Å². The van der Waals surface area contributed by atoms with Crippen LogP contribution in [0.5, 0.6) is 5.75 Å². The van der Waals surface area contributed by atoms with E-state index in [1.54, 1.807) is 7.11 Å². The predicted molar refractivity (Wildman–Crippen MR) is 126 cm³/mol. The van der Waals surface area contributed by atoms with Crippen LogP contribution in [0, 0.1) is 0 Å². The Morgan fingerprint density at radius 1 is 1.06 bits per heavy atom. The molecule has 0 aliphatic carbocycles. The van der Waals surface area contributed by atoms with E-state index in [0.717, 1.165) is 67.8 Å². The highest BCUT2D eigenvalue weighted by Gasteiger charge is 2.27. The maximum atomic E-state index is 5.57. The summed E-state index contributed by atoms with van der Waals surface area (Å²) in [6, 6.07) is 10.3. The molecule has 0 radical (unpaired) electrons. The van der Waals surface area contributed by atoms with Crippen molar-refractivity contribution in [2.24, 2.45) is 7.05 Å². The number of aromatic nitrogens is 4. The fourth-order valence-corrected chi connectivity index (χ4v) is 5.07. The van der Waals surface area contributed by atoms with Crippen LogP contribution in [0.15, 0.2) is 42.7 Å². The van der Waals surface area contributed by atoms with Gasteiger partial charge in [-0.2, -0.15) is 5.10 Å². The molecule has 2 saturated heterocycles. The quantitative estimate of drug-likeness (QED) is 0.589. The van der Waals surface area contributed by atoms with Crippen molar-refractivity contribution in [1.29, 1.82) is 0 Å². The van der Waals surface area contributed by atoms with Crippen molar-refractivity contribution in [1.82, 2.24) is 24.6 Å². The Morgan fingerprint density at radius 2 is 1.91 bits per heavy atom. The number of hydrogen-bond acceptors (Lipinski definition) is 6. The van der Waals surface area contributed by atoms with Gasteiger partial charge in [-0.3, -0.25) is 9.58 Å². The molecule has 0 N–H and O–H groups in total. The molecular formula is C25H32N6O. The lowest BCUT2D eigenvalue weighted by Gasteiger charge is -2.32. The van der Waals surface area contributed by atoms with E-state index in [-0.39, 0.29) is 0 Å². The topological polar surface area (TPSA) is 59.3 Å². The summed E-state index contributed by atoms with van der Waals surface area (Å²) in [5, 5.41) is 4.90. The van der Waals surface area contributed by atoms with Crippen molar-refractivity contribution in [3.8, 4) is 17.0 Å². The molecule has 5 rings (SSSR count). The number of piperidine rings is 1. The number of benzene rings is 1. The van der Waals surface area contributed by atoms with Crippen molar-refractivity contribution in [3.05, 3.63) is 54.0 Å². The first kappa shape index (κ1) is 20.9. The maximum absolute atomic E-state index is 5.57. The van der Waals surface area contributed by atoms with E-state index in [0.29, 0.717) is 5.92 Å². The predicted octanol–water partition coefficient (Wildman–Crippen LogP) is 3.87. The summed E-state index contributed by atoms with van der Waals surface area (Å²) in [5.74, 6) is 2.19. The van der Waals surface area contributed by atoms with Gasteiger partial charge in [0.1, 0.15) is 5.75 Å². The molecule has 2 aliphatic rings. The Hall–Kier alpha value is -2.93. The third-order valence-corrected chi connectivity index (χ3v) is 6.64. The van der Waals surface area contributed by atoms with Crippen molar-refractivity contribution in [2.75, 3.05) is 38.2 Å². The molecule has 0 spiro atoms. The van der Waals surface area contributed by atoms with Crippen molar-refractivity contribution >= 4 is 5.95 Å². The van der Waals surface area contributed by atoms with Crippen LogP contribution < -0.4 is 9.64 Å². The van der Waals surface area contributed by atoms with Crippen LogP contribution in [0.3, 0.4) is 0 Å². The number of methoxy groups -OCH3 is 1. The van der Waals surface area contributed by atoms with E-state index in [2.05, 4.69) is 33.1 Å². The second kappa shape index (κ2) is 9.28. The molecule has 3 aromatic rings. The Kier molecular flexibility index (Phi) is 6.08. The van der Waals surface area contributed by atoms with Crippen LogP contribution >= 0.6 is 0 Å².